The Labute approximate surface area is 166 Å². The summed E-state index contributed by atoms with van der Waals surface area (Å²) in [4.78, 5) is 27.7. The van der Waals surface area contributed by atoms with Crippen molar-refractivity contribution in [2.75, 3.05) is 5.32 Å². The zero-order valence-electron chi connectivity index (χ0n) is 13.1. The lowest BCUT2D eigenvalue weighted by atomic mass is 10.1. The summed E-state index contributed by atoms with van der Waals surface area (Å²) in [5, 5.41) is 13.9. The van der Waals surface area contributed by atoms with Crippen LogP contribution in [0.4, 0.5) is 10.8 Å². The number of nitro groups is 1. The van der Waals surface area contributed by atoms with Crippen LogP contribution in [0.1, 0.15) is 20.8 Å². The first-order valence-electron chi connectivity index (χ1n) is 7.37. The van der Waals surface area contributed by atoms with Crippen molar-refractivity contribution in [2.24, 2.45) is 0 Å². The summed E-state index contributed by atoms with van der Waals surface area (Å²) in [6.45, 7) is 0. The Morgan fingerprint density at radius 2 is 2.00 bits per heavy atom. The molecule has 26 heavy (non-hydrogen) atoms. The number of carbonyl (C=O) groups excluding carboxylic acids is 1. The maximum atomic E-state index is 12.3. The molecule has 0 spiro atoms. The van der Waals surface area contributed by atoms with Gasteiger partial charge in [-0.05, 0) is 23.8 Å². The molecule has 3 rings (SSSR count). The van der Waals surface area contributed by atoms with E-state index in [-0.39, 0.29) is 16.3 Å². The van der Waals surface area contributed by atoms with Crippen LogP contribution in [0.15, 0.2) is 53.1 Å². The summed E-state index contributed by atoms with van der Waals surface area (Å²) in [5.41, 5.74) is 1.12. The second-order valence-electron chi connectivity index (χ2n) is 5.31. The molecule has 0 radical (unpaired) electrons. The zero-order chi connectivity index (χ0) is 18.7. The molecule has 0 aliphatic rings. The number of thiazole rings is 1. The molecule has 1 heterocycles. The van der Waals surface area contributed by atoms with E-state index >= 15 is 0 Å². The fourth-order valence-corrected chi connectivity index (χ4v) is 3.58. The smallest absolute Gasteiger partial charge is 0.270 e. The Morgan fingerprint density at radius 3 is 2.65 bits per heavy atom. The van der Waals surface area contributed by atoms with E-state index in [0.29, 0.717) is 11.6 Å². The van der Waals surface area contributed by atoms with Crippen molar-refractivity contribution >= 4 is 55.6 Å². The third-order valence-electron chi connectivity index (χ3n) is 3.47. The summed E-state index contributed by atoms with van der Waals surface area (Å²) >= 11 is 10.7. The van der Waals surface area contributed by atoms with E-state index < -0.39 is 10.8 Å². The van der Waals surface area contributed by atoms with Crippen LogP contribution in [-0.4, -0.2) is 15.8 Å². The Bertz CT molecular complexity index is 976. The molecule has 0 bridgehead atoms. The third kappa shape index (κ3) is 4.46. The van der Waals surface area contributed by atoms with Gasteiger partial charge in [0.1, 0.15) is 0 Å². The molecule has 0 aliphatic carbocycles. The Kier molecular flexibility index (Phi) is 5.65. The highest BCUT2D eigenvalue weighted by atomic mass is 79.9. The number of hydrogen-bond donors (Lipinski definition) is 1. The van der Waals surface area contributed by atoms with Crippen LogP contribution in [0.5, 0.6) is 0 Å². The van der Waals surface area contributed by atoms with Crippen molar-refractivity contribution in [2.45, 2.75) is 6.42 Å². The first kappa shape index (κ1) is 18.5. The molecule has 0 aliphatic heterocycles. The number of benzene rings is 2. The van der Waals surface area contributed by atoms with Gasteiger partial charge in [0.2, 0.25) is 0 Å². The Morgan fingerprint density at radius 1 is 1.27 bits per heavy atom. The molecule has 0 fully saturated rings. The quantitative estimate of drug-likeness (QED) is 0.420. The van der Waals surface area contributed by atoms with Crippen LogP contribution in [0.3, 0.4) is 0 Å². The van der Waals surface area contributed by atoms with Crippen LogP contribution < -0.4 is 5.32 Å². The van der Waals surface area contributed by atoms with E-state index in [1.165, 1.54) is 23.5 Å². The lowest BCUT2D eigenvalue weighted by Crippen LogP contribution is -2.12. The minimum absolute atomic E-state index is 0.0170. The summed E-state index contributed by atoms with van der Waals surface area (Å²) in [6, 6.07) is 11.7. The number of aromatic nitrogens is 1. The normalized spacial score (nSPS) is 10.5. The highest BCUT2D eigenvalue weighted by Gasteiger charge is 2.16. The molecule has 6 nitrogen and oxygen atoms in total. The summed E-state index contributed by atoms with van der Waals surface area (Å²) < 4.78 is 1.01. The van der Waals surface area contributed by atoms with Crippen LogP contribution in [0.25, 0.3) is 0 Å². The van der Waals surface area contributed by atoms with Gasteiger partial charge in [-0.1, -0.05) is 39.7 Å². The van der Waals surface area contributed by atoms with E-state index in [4.69, 9.17) is 11.6 Å². The van der Waals surface area contributed by atoms with Gasteiger partial charge in [0.25, 0.3) is 11.6 Å². The van der Waals surface area contributed by atoms with Gasteiger partial charge in [-0.25, -0.2) is 4.98 Å². The molecular weight excluding hydrogens is 442 g/mol. The maximum absolute atomic E-state index is 12.3. The Hall–Kier alpha value is -2.29. The number of rotatable bonds is 5. The Balaban J connectivity index is 1.69. The molecule has 0 saturated heterocycles. The van der Waals surface area contributed by atoms with Crippen molar-refractivity contribution < 1.29 is 9.72 Å². The van der Waals surface area contributed by atoms with E-state index in [2.05, 4.69) is 26.2 Å². The lowest BCUT2D eigenvalue weighted by Gasteiger charge is -2.04. The average molecular weight is 453 g/mol. The van der Waals surface area contributed by atoms with Crippen molar-refractivity contribution in [3.63, 3.8) is 0 Å². The topological polar surface area (TPSA) is 85.1 Å². The first-order valence-corrected chi connectivity index (χ1v) is 9.35. The van der Waals surface area contributed by atoms with E-state index in [9.17, 15) is 14.9 Å². The van der Waals surface area contributed by atoms with E-state index in [0.717, 1.165) is 21.0 Å². The van der Waals surface area contributed by atoms with Gasteiger partial charge < -0.3 is 0 Å². The summed E-state index contributed by atoms with van der Waals surface area (Å²) in [6.07, 6.45) is 2.42. The van der Waals surface area contributed by atoms with Gasteiger partial charge in [-0.3, -0.25) is 20.2 Å². The van der Waals surface area contributed by atoms with Crippen LogP contribution in [0, 0.1) is 10.1 Å². The zero-order valence-corrected chi connectivity index (χ0v) is 16.3. The number of nitrogens with zero attached hydrogens (tertiary/aromatic N) is 2. The van der Waals surface area contributed by atoms with E-state index in [1.54, 1.807) is 6.20 Å². The monoisotopic (exact) mass is 451 g/mol. The van der Waals surface area contributed by atoms with Crippen molar-refractivity contribution in [1.29, 1.82) is 0 Å². The summed E-state index contributed by atoms with van der Waals surface area (Å²) in [5.74, 6) is -0.463. The molecule has 1 aromatic heterocycles. The molecule has 1 amide bonds. The predicted molar refractivity (Wildman–Crippen MR) is 105 cm³/mol. The number of amides is 1. The van der Waals surface area contributed by atoms with Crippen LogP contribution >= 0.6 is 38.9 Å². The van der Waals surface area contributed by atoms with Gasteiger partial charge in [0, 0.05) is 34.1 Å². The molecule has 9 heteroatoms. The molecule has 132 valence electrons. The van der Waals surface area contributed by atoms with Crippen molar-refractivity contribution in [3.05, 3.63) is 84.3 Å². The highest BCUT2D eigenvalue weighted by Crippen LogP contribution is 2.26. The maximum Gasteiger partial charge on any atom is 0.270 e. The predicted octanol–water partition coefficient (Wildman–Crippen LogP) is 5.31. The lowest BCUT2D eigenvalue weighted by molar-refractivity contribution is -0.384. The molecule has 0 unspecified atom stereocenters. The standard InChI is InChI=1S/C17H11BrClN3O3S/c18-11-3-1-10(2-4-11)7-13-9-20-17(26-13)21-16(23)14-6-5-12(22(24)25)8-15(14)19/h1-6,8-9H,7H2,(H,20,21,23). The molecule has 1 N–H and O–H groups in total. The van der Waals surface area contributed by atoms with Gasteiger partial charge in [-0.15, -0.1) is 11.3 Å². The van der Waals surface area contributed by atoms with Crippen molar-refractivity contribution in [1.82, 2.24) is 4.98 Å². The number of hydrogen-bond acceptors (Lipinski definition) is 5. The number of anilines is 1. The first-order chi connectivity index (χ1) is 12.4. The summed E-state index contributed by atoms with van der Waals surface area (Å²) in [7, 11) is 0. The average Bonchev–Trinajstić information content (AvgIpc) is 3.03. The molecular formula is C17H11BrClN3O3S. The number of nitro benzene ring substituents is 1. The van der Waals surface area contributed by atoms with E-state index in [1.807, 2.05) is 24.3 Å². The van der Waals surface area contributed by atoms with Gasteiger partial charge in [0.15, 0.2) is 5.13 Å². The molecule has 3 aromatic rings. The van der Waals surface area contributed by atoms with Crippen LogP contribution in [0.2, 0.25) is 5.02 Å². The van der Waals surface area contributed by atoms with Crippen LogP contribution in [-0.2, 0) is 6.42 Å². The third-order valence-corrected chi connectivity index (χ3v) is 5.23. The largest absolute Gasteiger partial charge is 0.298 e. The number of carbonyl (C=O) groups is 1. The molecule has 2 aromatic carbocycles. The van der Waals surface area contributed by atoms with Gasteiger partial charge in [0.05, 0.1) is 15.5 Å². The number of nitrogens with one attached hydrogen (secondary N) is 1. The molecule has 0 saturated carbocycles. The number of non-ortho nitro benzene ring substituents is 1. The highest BCUT2D eigenvalue weighted by molar-refractivity contribution is 9.10. The molecule has 0 atom stereocenters. The number of halogens is 2. The fraction of sp³-hybridized carbons (Fsp3) is 0.0588. The fourth-order valence-electron chi connectivity index (χ4n) is 2.22. The van der Waals surface area contributed by atoms with Gasteiger partial charge >= 0.3 is 0 Å². The van der Waals surface area contributed by atoms with Gasteiger partial charge in [-0.2, -0.15) is 0 Å². The minimum Gasteiger partial charge on any atom is -0.298 e. The minimum atomic E-state index is -0.567. The second-order valence-corrected chi connectivity index (χ2v) is 7.75. The second kappa shape index (κ2) is 7.94. The SMILES string of the molecule is O=C(Nc1ncc(Cc2ccc(Br)cc2)s1)c1ccc([N+](=O)[O-])cc1Cl. The van der Waals surface area contributed by atoms with Crippen molar-refractivity contribution in [3.8, 4) is 0 Å².